The van der Waals surface area contributed by atoms with E-state index in [4.69, 9.17) is 22.2 Å². The van der Waals surface area contributed by atoms with Crippen LogP contribution in [-0.4, -0.2) is 27.1 Å². The highest BCUT2D eigenvalue weighted by atomic mass is 35.5. The van der Waals surface area contributed by atoms with Crippen LogP contribution < -0.4 is 10.9 Å². The van der Waals surface area contributed by atoms with Crippen molar-refractivity contribution in [3.8, 4) is 0 Å². The number of halogens is 2. The van der Waals surface area contributed by atoms with Gasteiger partial charge in [-0.1, -0.05) is 29.8 Å². The zero-order valence-electron chi connectivity index (χ0n) is 13.5. The van der Waals surface area contributed by atoms with Crippen LogP contribution in [0.25, 0.3) is 0 Å². The molecule has 1 unspecified atom stereocenters. The largest absolute Gasteiger partial charge is 0.288 e. The first-order chi connectivity index (χ1) is 11.6. The van der Waals surface area contributed by atoms with Crippen molar-refractivity contribution in [1.82, 2.24) is 21.1 Å². The third kappa shape index (κ3) is 4.07. The van der Waals surface area contributed by atoms with Crippen molar-refractivity contribution in [3.63, 3.8) is 0 Å². The lowest BCUT2D eigenvalue weighted by atomic mass is 9.80. The van der Waals surface area contributed by atoms with Crippen molar-refractivity contribution in [2.24, 2.45) is 5.10 Å². The molecule has 1 atom stereocenters. The average Bonchev–Trinajstić information content (AvgIpc) is 2.59. The number of hydrogen-bond donors (Lipinski definition) is 4. The standard InChI is InChI=1S/C16H17ClN6O.ClH/c1-9-8-19-20-13-6-10(11-4-2-3-5-12(11)17)7-14(15(9)13)21-22-16(18)23-24;/h2-5,8,10,24H,6-7H2,1H3,(H3,18,22,23);1H. The van der Waals surface area contributed by atoms with E-state index in [1.807, 2.05) is 31.2 Å². The number of nitrogens with zero attached hydrogens (tertiary/aromatic N) is 3. The van der Waals surface area contributed by atoms with Gasteiger partial charge in [0.1, 0.15) is 0 Å². The zero-order valence-corrected chi connectivity index (χ0v) is 15.0. The number of rotatable bonds is 2. The summed E-state index contributed by atoms with van der Waals surface area (Å²) >= 11 is 6.34. The van der Waals surface area contributed by atoms with Gasteiger partial charge in [-0.3, -0.25) is 10.6 Å². The molecule has 1 aromatic heterocycles. The minimum absolute atomic E-state index is 0. The van der Waals surface area contributed by atoms with Gasteiger partial charge in [-0.15, -0.1) is 12.4 Å². The molecule has 0 aliphatic heterocycles. The van der Waals surface area contributed by atoms with Crippen LogP contribution in [0.4, 0.5) is 0 Å². The summed E-state index contributed by atoms with van der Waals surface area (Å²) in [5.41, 5.74) is 8.76. The second-order valence-electron chi connectivity index (χ2n) is 5.63. The van der Waals surface area contributed by atoms with Crippen molar-refractivity contribution < 1.29 is 5.21 Å². The first kappa shape index (κ1) is 19.1. The molecule has 1 aliphatic carbocycles. The number of fused-ring (bicyclic) bond motifs is 1. The lowest BCUT2D eigenvalue weighted by Crippen LogP contribution is -2.32. The number of hydrogen-bond acceptors (Lipinski definition) is 5. The normalized spacial score (nSPS) is 17.4. The molecule has 1 aromatic carbocycles. The van der Waals surface area contributed by atoms with Gasteiger partial charge in [0.25, 0.3) is 0 Å². The Morgan fingerprint density at radius 3 is 2.84 bits per heavy atom. The molecular formula is C16H18Cl2N6O. The van der Waals surface area contributed by atoms with E-state index in [1.54, 1.807) is 11.7 Å². The van der Waals surface area contributed by atoms with Gasteiger partial charge in [0.05, 0.1) is 17.6 Å². The summed E-state index contributed by atoms with van der Waals surface area (Å²) in [6.07, 6.45) is 3.07. The van der Waals surface area contributed by atoms with Crippen LogP contribution in [0.1, 0.15) is 34.7 Å². The van der Waals surface area contributed by atoms with Gasteiger partial charge >= 0.3 is 0 Å². The highest BCUT2D eigenvalue weighted by Crippen LogP contribution is 2.36. The van der Waals surface area contributed by atoms with Gasteiger partial charge in [0, 0.05) is 10.6 Å². The molecule has 2 aromatic rings. The Balaban J connectivity index is 0.00000225. The third-order valence-electron chi connectivity index (χ3n) is 4.04. The maximum atomic E-state index is 8.73. The number of nitrogens with one attached hydrogen (secondary N) is 3. The Hall–Kier alpha value is -2.22. The quantitative estimate of drug-likeness (QED) is 0.364. The predicted octanol–water partition coefficient (Wildman–Crippen LogP) is 2.80. The van der Waals surface area contributed by atoms with Gasteiger partial charge in [-0.2, -0.15) is 15.3 Å². The molecule has 0 bridgehead atoms. The molecule has 1 aliphatic rings. The SMILES string of the molecule is Cc1cnnc2c1C(=NNC(=N)NO)CC(c1ccccc1Cl)C2.Cl. The average molecular weight is 381 g/mol. The Kier molecular flexibility index (Phi) is 6.30. The fourth-order valence-electron chi connectivity index (χ4n) is 2.98. The van der Waals surface area contributed by atoms with E-state index in [9.17, 15) is 0 Å². The zero-order chi connectivity index (χ0) is 17.1. The molecule has 0 spiro atoms. The Bertz CT molecular complexity index is 811. The van der Waals surface area contributed by atoms with E-state index >= 15 is 0 Å². The first-order valence-electron chi connectivity index (χ1n) is 7.47. The van der Waals surface area contributed by atoms with Crippen LogP contribution in [0.2, 0.25) is 5.02 Å². The van der Waals surface area contributed by atoms with Crippen molar-refractivity contribution >= 4 is 35.7 Å². The maximum Gasteiger partial charge on any atom is 0.233 e. The van der Waals surface area contributed by atoms with E-state index in [2.05, 4.69) is 20.7 Å². The second kappa shape index (κ2) is 8.24. The summed E-state index contributed by atoms with van der Waals surface area (Å²) < 4.78 is 0. The van der Waals surface area contributed by atoms with E-state index in [0.29, 0.717) is 11.4 Å². The Morgan fingerprint density at radius 1 is 1.36 bits per heavy atom. The molecule has 7 nitrogen and oxygen atoms in total. The van der Waals surface area contributed by atoms with Crippen LogP contribution in [0, 0.1) is 12.3 Å². The number of hydrazone groups is 1. The number of guanidine groups is 1. The second-order valence-corrected chi connectivity index (χ2v) is 6.04. The summed E-state index contributed by atoms with van der Waals surface area (Å²) in [7, 11) is 0. The predicted molar refractivity (Wildman–Crippen MR) is 98.9 cm³/mol. The van der Waals surface area contributed by atoms with Gasteiger partial charge in [0.2, 0.25) is 5.96 Å². The Morgan fingerprint density at radius 2 is 2.12 bits per heavy atom. The molecule has 3 rings (SSSR count). The number of benzene rings is 1. The van der Waals surface area contributed by atoms with Crippen LogP contribution in [0.15, 0.2) is 35.6 Å². The van der Waals surface area contributed by atoms with E-state index in [1.165, 1.54) is 0 Å². The number of aryl methyl sites for hydroxylation is 1. The third-order valence-corrected chi connectivity index (χ3v) is 4.38. The molecule has 132 valence electrons. The molecule has 0 saturated heterocycles. The van der Waals surface area contributed by atoms with Crippen LogP contribution in [-0.2, 0) is 6.42 Å². The highest BCUT2D eigenvalue weighted by Gasteiger charge is 2.29. The van der Waals surface area contributed by atoms with Crippen LogP contribution in [0.3, 0.4) is 0 Å². The first-order valence-corrected chi connectivity index (χ1v) is 7.85. The molecule has 1 heterocycles. The van der Waals surface area contributed by atoms with Gasteiger partial charge in [0.15, 0.2) is 0 Å². The van der Waals surface area contributed by atoms with Crippen molar-refractivity contribution in [3.05, 3.63) is 57.9 Å². The van der Waals surface area contributed by atoms with E-state index in [-0.39, 0.29) is 24.3 Å². The lowest BCUT2D eigenvalue weighted by molar-refractivity contribution is 0.228. The molecule has 25 heavy (non-hydrogen) atoms. The van der Waals surface area contributed by atoms with Crippen molar-refractivity contribution in [1.29, 1.82) is 5.41 Å². The summed E-state index contributed by atoms with van der Waals surface area (Å²) in [5, 5.41) is 29.4. The number of hydroxylamine groups is 1. The maximum absolute atomic E-state index is 8.73. The fourth-order valence-corrected chi connectivity index (χ4v) is 3.27. The summed E-state index contributed by atoms with van der Waals surface area (Å²) in [5.74, 6) is -0.178. The minimum atomic E-state index is -0.302. The van der Waals surface area contributed by atoms with Crippen LogP contribution in [0.5, 0.6) is 0 Å². The minimum Gasteiger partial charge on any atom is -0.288 e. The molecule has 0 amide bonds. The lowest BCUT2D eigenvalue weighted by Gasteiger charge is -2.26. The summed E-state index contributed by atoms with van der Waals surface area (Å²) in [4.78, 5) is 0. The van der Waals surface area contributed by atoms with Gasteiger partial charge in [-0.25, -0.2) is 10.9 Å². The number of aromatic nitrogens is 2. The Labute approximate surface area is 156 Å². The van der Waals surface area contributed by atoms with Gasteiger partial charge < -0.3 is 0 Å². The topological polar surface area (TPSA) is 106 Å². The molecule has 9 heteroatoms. The smallest absolute Gasteiger partial charge is 0.233 e. The molecular weight excluding hydrogens is 363 g/mol. The molecule has 0 fully saturated rings. The van der Waals surface area contributed by atoms with Crippen LogP contribution >= 0.6 is 24.0 Å². The molecule has 0 saturated carbocycles. The van der Waals surface area contributed by atoms with Crippen molar-refractivity contribution in [2.45, 2.75) is 25.7 Å². The summed E-state index contributed by atoms with van der Waals surface area (Å²) in [6.45, 7) is 1.95. The van der Waals surface area contributed by atoms with Crippen molar-refractivity contribution in [2.75, 3.05) is 0 Å². The molecule has 4 N–H and O–H groups in total. The summed E-state index contributed by atoms with van der Waals surface area (Å²) in [6, 6.07) is 7.73. The van der Waals surface area contributed by atoms with Gasteiger partial charge in [-0.05, 0) is 42.9 Å². The van der Waals surface area contributed by atoms with E-state index < -0.39 is 0 Å². The van der Waals surface area contributed by atoms with E-state index in [0.717, 1.165) is 34.5 Å². The fraction of sp³-hybridized carbons (Fsp3) is 0.250. The monoisotopic (exact) mass is 380 g/mol. The molecule has 0 radical (unpaired) electrons. The highest BCUT2D eigenvalue weighted by molar-refractivity contribution is 6.31.